The Balaban J connectivity index is 1.40. The number of aliphatic carboxylic acids is 1. The van der Waals surface area contributed by atoms with E-state index in [9.17, 15) is 19.5 Å². The average Bonchev–Trinajstić information content (AvgIpc) is 3.16. The number of carbonyl (C=O) groups excluding carboxylic acids is 2. The number of amides is 2. The highest BCUT2D eigenvalue weighted by atomic mass is 16.5. The molecule has 1 fully saturated rings. The number of fused-ring (bicyclic) bond motifs is 3. The van der Waals surface area contributed by atoms with E-state index < -0.39 is 24.0 Å². The molecule has 1 saturated heterocycles. The molecule has 2 atom stereocenters. The number of hydrogen-bond acceptors (Lipinski definition) is 4. The molecule has 174 valence electrons. The summed E-state index contributed by atoms with van der Waals surface area (Å²) in [5.41, 5.74) is 4.56. The van der Waals surface area contributed by atoms with Crippen molar-refractivity contribution in [2.24, 2.45) is 5.92 Å². The van der Waals surface area contributed by atoms with Crippen molar-refractivity contribution in [3.8, 4) is 11.1 Å². The fourth-order valence-electron chi connectivity index (χ4n) is 4.93. The number of carbonyl (C=O) groups is 3. The zero-order valence-corrected chi connectivity index (χ0v) is 18.8. The molecule has 1 aliphatic heterocycles. The normalized spacial score (nSPS) is 18.2. The van der Waals surface area contributed by atoms with E-state index in [1.165, 1.54) is 0 Å². The number of hydrogen-bond donors (Lipinski definition) is 2. The van der Waals surface area contributed by atoms with E-state index in [-0.39, 0.29) is 25.0 Å². The molecular formula is C26H30N2O5. The molecule has 33 heavy (non-hydrogen) atoms. The first-order valence-corrected chi connectivity index (χ1v) is 11.6. The highest BCUT2D eigenvalue weighted by Crippen LogP contribution is 2.44. The van der Waals surface area contributed by atoms with Crippen molar-refractivity contribution in [1.82, 2.24) is 10.2 Å². The smallest absolute Gasteiger partial charge is 0.407 e. The summed E-state index contributed by atoms with van der Waals surface area (Å²) >= 11 is 0. The summed E-state index contributed by atoms with van der Waals surface area (Å²) in [6.07, 6.45) is 1.76. The molecule has 0 radical (unpaired) electrons. The molecule has 0 spiro atoms. The van der Waals surface area contributed by atoms with Gasteiger partial charge < -0.3 is 20.1 Å². The summed E-state index contributed by atoms with van der Waals surface area (Å²) < 4.78 is 5.60. The molecule has 1 heterocycles. The predicted molar refractivity (Wildman–Crippen MR) is 124 cm³/mol. The lowest BCUT2D eigenvalue weighted by Gasteiger charge is -2.33. The first kappa shape index (κ1) is 22.8. The number of nitrogens with zero attached hydrogens (tertiary/aromatic N) is 1. The molecule has 2 aromatic carbocycles. The molecule has 2 N–H and O–H groups in total. The third-order valence-electron chi connectivity index (χ3n) is 6.59. The minimum absolute atomic E-state index is 0.0538. The number of nitrogens with one attached hydrogen (secondary N) is 1. The monoisotopic (exact) mass is 450 g/mol. The second kappa shape index (κ2) is 10.1. The molecule has 0 aromatic heterocycles. The van der Waals surface area contributed by atoms with Crippen LogP contribution in [0, 0.1) is 5.92 Å². The first-order chi connectivity index (χ1) is 16.0. The quantitative estimate of drug-likeness (QED) is 0.664. The van der Waals surface area contributed by atoms with E-state index in [0.29, 0.717) is 32.2 Å². The largest absolute Gasteiger partial charge is 0.481 e. The number of ether oxygens (including phenoxy) is 1. The van der Waals surface area contributed by atoms with Crippen molar-refractivity contribution < 1.29 is 24.2 Å². The van der Waals surface area contributed by atoms with Crippen LogP contribution in [-0.2, 0) is 14.3 Å². The SMILES string of the molecule is CCC[C@H](NC(=O)OCC1c2ccccc2-c2ccccc21)C(=O)N1CCC[C@H](C(=O)O)C1. The van der Waals surface area contributed by atoms with E-state index in [1.807, 2.05) is 31.2 Å². The molecule has 7 heteroatoms. The zero-order valence-electron chi connectivity index (χ0n) is 18.8. The summed E-state index contributed by atoms with van der Waals surface area (Å²) in [5, 5.41) is 12.0. The molecule has 0 saturated carbocycles. The van der Waals surface area contributed by atoms with Crippen LogP contribution in [0.2, 0.25) is 0 Å². The topological polar surface area (TPSA) is 95.9 Å². The summed E-state index contributed by atoms with van der Waals surface area (Å²) in [4.78, 5) is 38.6. The summed E-state index contributed by atoms with van der Waals surface area (Å²) in [6.45, 7) is 2.81. The van der Waals surface area contributed by atoms with Crippen LogP contribution in [-0.4, -0.2) is 53.7 Å². The minimum Gasteiger partial charge on any atom is -0.481 e. The van der Waals surface area contributed by atoms with Crippen LogP contribution in [0.25, 0.3) is 11.1 Å². The Morgan fingerprint density at radius 3 is 2.33 bits per heavy atom. The molecule has 2 amide bonds. The van der Waals surface area contributed by atoms with Crippen LogP contribution < -0.4 is 5.32 Å². The Hall–Kier alpha value is -3.35. The lowest BCUT2D eigenvalue weighted by molar-refractivity contribution is -0.146. The van der Waals surface area contributed by atoms with Gasteiger partial charge in [0.2, 0.25) is 5.91 Å². The number of piperidine rings is 1. The fourth-order valence-corrected chi connectivity index (χ4v) is 4.93. The van der Waals surface area contributed by atoms with E-state index in [1.54, 1.807) is 4.90 Å². The van der Waals surface area contributed by atoms with Gasteiger partial charge >= 0.3 is 12.1 Å². The van der Waals surface area contributed by atoms with Crippen molar-refractivity contribution in [3.63, 3.8) is 0 Å². The number of carboxylic acid groups (broad SMARTS) is 1. The van der Waals surface area contributed by atoms with E-state index in [4.69, 9.17) is 4.74 Å². The van der Waals surface area contributed by atoms with Gasteiger partial charge in [-0.15, -0.1) is 0 Å². The number of alkyl carbamates (subject to hydrolysis) is 1. The van der Waals surface area contributed by atoms with Crippen molar-refractivity contribution >= 4 is 18.0 Å². The van der Waals surface area contributed by atoms with E-state index in [0.717, 1.165) is 22.3 Å². The molecule has 0 unspecified atom stereocenters. The Bertz CT molecular complexity index is 991. The van der Waals surface area contributed by atoms with E-state index in [2.05, 4.69) is 29.6 Å². The first-order valence-electron chi connectivity index (χ1n) is 11.6. The van der Waals surface area contributed by atoms with Gasteiger partial charge in [-0.1, -0.05) is 61.9 Å². The summed E-state index contributed by atoms with van der Waals surface area (Å²) in [5.74, 6) is -1.73. The lowest BCUT2D eigenvalue weighted by Crippen LogP contribution is -2.52. The van der Waals surface area contributed by atoms with Gasteiger partial charge in [0, 0.05) is 19.0 Å². The third-order valence-corrected chi connectivity index (χ3v) is 6.59. The van der Waals surface area contributed by atoms with Crippen LogP contribution in [0.3, 0.4) is 0 Å². The highest BCUT2D eigenvalue weighted by Gasteiger charge is 2.33. The molecule has 1 aliphatic carbocycles. The van der Waals surface area contributed by atoms with Gasteiger partial charge in [-0.25, -0.2) is 4.79 Å². The lowest BCUT2D eigenvalue weighted by atomic mass is 9.97. The van der Waals surface area contributed by atoms with Gasteiger partial charge in [0.25, 0.3) is 0 Å². The Kier molecular flexibility index (Phi) is 6.96. The van der Waals surface area contributed by atoms with Crippen LogP contribution in [0.4, 0.5) is 4.79 Å². The second-order valence-electron chi connectivity index (χ2n) is 8.77. The van der Waals surface area contributed by atoms with Gasteiger partial charge in [-0.2, -0.15) is 0 Å². The van der Waals surface area contributed by atoms with E-state index >= 15 is 0 Å². The molecule has 0 bridgehead atoms. The van der Waals surface area contributed by atoms with Crippen molar-refractivity contribution in [2.45, 2.75) is 44.6 Å². The maximum Gasteiger partial charge on any atom is 0.407 e. The molecule has 2 aliphatic rings. The maximum absolute atomic E-state index is 13.0. The molecule has 4 rings (SSSR count). The van der Waals surface area contributed by atoms with Gasteiger partial charge in [0.1, 0.15) is 12.6 Å². The molecule has 7 nitrogen and oxygen atoms in total. The maximum atomic E-state index is 13.0. The van der Waals surface area contributed by atoms with Crippen LogP contribution in [0.15, 0.2) is 48.5 Å². The second-order valence-corrected chi connectivity index (χ2v) is 8.77. The Morgan fingerprint density at radius 2 is 1.73 bits per heavy atom. The molecule has 2 aromatic rings. The van der Waals surface area contributed by atoms with Gasteiger partial charge in [0.15, 0.2) is 0 Å². The number of benzene rings is 2. The summed E-state index contributed by atoms with van der Waals surface area (Å²) in [6, 6.07) is 15.5. The standard InChI is InChI=1S/C26H30N2O5/c1-2-8-23(24(29)28-14-7-9-17(15-28)25(30)31)27-26(32)33-16-22-20-12-5-3-10-18(20)19-11-4-6-13-21(19)22/h3-6,10-13,17,22-23H,2,7-9,14-16H2,1H3,(H,27,32)(H,30,31)/t17-,23-/m0/s1. The van der Waals surface area contributed by atoms with Crippen LogP contribution in [0.5, 0.6) is 0 Å². The number of rotatable bonds is 7. The van der Waals surface area contributed by atoms with Crippen molar-refractivity contribution in [2.75, 3.05) is 19.7 Å². The average molecular weight is 451 g/mol. The number of likely N-dealkylation sites (tertiary alicyclic amines) is 1. The van der Waals surface area contributed by atoms with Crippen LogP contribution >= 0.6 is 0 Å². The third kappa shape index (κ3) is 4.87. The van der Waals surface area contributed by atoms with Crippen molar-refractivity contribution in [1.29, 1.82) is 0 Å². The molecular weight excluding hydrogens is 420 g/mol. The van der Waals surface area contributed by atoms with Gasteiger partial charge in [-0.05, 0) is 41.5 Å². The zero-order chi connectivity index (χ0) is 23.4. The Labute approximate surface area is 193 Å². The fraction of sp³-hybridized carbons (Fsp3) is 0.423. The van der Waals surface area contributed by atoms with Gasteiger partial charge in [-0.3, -0.25) is 9.59 Å². The van der Waals surface area contributed by atoms with Crippen LogP contribution in [0.1, 0.15) is 49.7 Å². The Morgan fingerprint density at radius 1 is 1.09 bits per heavy atom. The summed E-state index contributed by atoms with van der Waals surface area (Å²) in [7, 11) is 0. The van der Waals surface area contributed by atoms with Gasteiger partial charge in [0.05, 0.1) is 5.92 Å². The van der Waals surface area contributed by atoms with Crippen molar-refractivity contribution in [3.05, 3.63) is 59.7 Å². The minimum atomic E-state index is -0.885. The predicted octanol–water partition coefficient (Wildman–Crippen LogP) is 4.02. The number of carboxylic acids is 1. The highest BCUT2D eigenvalue weighted by molar-refractivity contribution is 5.86.